The number of carboxylic acids is 1. The van der Waals surface area contributed by atoms with Gasteiger partial charge < -0.3 is 14.9 Å². The summed E-state index contributed by atoms with van der Waals surface area (Å²) >= 11 is 0. The van der Waals surface area contributed by atoms with Gasteiger partial charge in [0.2, 0.25) is 0 Å². The molecule has 0 bridgehead atoms. The first-order valence-electron chi connectivity index (χ1n) is 6.33. The molecular weight excluding hydrogens is 232 g/mol. The average molecular weight is 252 g/mol. The lowest BCUT2D eigenvalue weighted by Gasteiger charge is -2.07. The van der Waals surface area contributed by atoms with Crippen molar-refractivity contribution in [2.24, 2.45) is 0 Å². The Morgan fingerprint density at radius 1 is 1.06 bits per heavy atom. The third-order valence-corrected chi connectivity index (χ3v) is 2.66. The SMILES string of the molecule is O=C(O)CCCCCCCOc1ccccc1O. The molecular formula is C14H20O4. The first-order chi connectivity index (χ1) is 8.70. The highest BCUT2D eigenvalue weighted by atomic mass is 16.5. The molecule has 0 atom stereocenters. The molecule has 18 heavy (non-hydrogen) atoms. The number of phenols is 1. The van der Waals surface area contributed by atoms with Crippen molar-refractivity contribution in [2.45, 2.75) is 38.5 Å². The minimum Gasteiger partial charge on any atom is -0.504 e. The van der Waals surface area contributed by atoms with Crippen LogP contribution in [0.5, 0.6) is 11.5 Å². The van der Waals surface area contributed by atoms with E-state index < -0.39 is 5.97 Å². The molecule has 0 radical (unpaired) electrons. The number of carbonyl (C=O) groups is 1. The lowest BCUT2D eigenvalue weighted by Crippen LogP contribution is -1.98. The quantitative estimate of drug-likeness (QED) is 0.662. The fourth-order valence-electron chi connectivity index (χ4n) is 1.67. The summed E-state index contributed by atoms with van der Waals surface area (Å²) in [5.74, 6) is -0.0415. The van der Waals surface area contributed by atoms with Gasteiger partial charge >= 0.3 is 5.97 Å². The Balaban J connectivity index is 1.99. The Hall–Kier alpha value is -1.71. The largest absolute Gasteiger partial charge is 0.504 e. The number of ether oxygens (including phenoxy) is 1. The minimum absolute atomic E-state index is 0.166. The van der Waals surface area contributed by atoms with Gasteiger partial charge in [-0.2, -0.15) is 0 Å². The van der Waals surface area contributed by atoms with Crippen LogP contribution in [-0.2, 0) is 4.79 Å². The average Bonchev–Trinajstić information content (AvgIpc) is 2.34. The maximum atomic E-state index is 10.3. The van der Waals surface area contributed by atoms with Crippen molar-refractivity contribution >= 4 is 5.97 Å². The minimum atomic E-state index is -0.724. The molecule has 0 spiro atoms. The molecule has 0 saturated carbocycles. The molecule has 2 N–H and O–H groups in total. The van der Waals surface area contributed by atoms with E-state index in [2.05, 4.69) is 0 Å². The monoisotopic (exact) mass is 252 g/mol. The van der Waals surface area contributed by atoms with Gasteiger partial charge in [-0.15, -0.1) is 0 Å². The molecule has 0 aliphatic carbocycles. The van der Waals surface area contributed by atoms with Crippen LogP contribution in [0.1, 0.15) is 38.5 Å². The molecule has 1 aromatic carbocycles. The number of para-hydroxylation sites is 2. The number of benzene rings is 1. The van der Waals surface area contributed by atoms with E-state index in [1.165, 1.54) is 0 Å². The third kappa shape index (κ3) is 6.13. The maximum Gasteiger partial charge on any atom is 0.303 e. The molecule has 0 amide bonds. The predicted molar refractivity (Wildman–Crippen MR) is 68.9 cm³/mol. The second-order valence-electron chi connectivity index (χ2n) is 4.23. The van der Waals surface area contributed by atoms with Crippen molar-refractivity contribution in [3.05, 3.63) is 24.3 Å². The summed E-state index contributed by atoms with van der Waals surface area (Å²) in [5, 5.41) is 17.9. The lowest BCUT2D eigenvalue weighted by atomic mass is 10.1. The van der Waals surface area contributed by atoms with Crippen LogP contribution in [0.25, 0.3) is 0 Å². The van der Waals surface area contributed by atoms with Crippen LogP contribution >= 0.6 is 0 Å². The molecule has 0 fully saturated rings. The molecule has 0 aromatic heterocycles. The number of unbranched alkanes of at least 4 members (excludes halogenated alkanes) is 4. The van der Waals surface area contributed by atoms with E-state index in [1.54, 1.807) is 18.2 Å². The molecule has 0 aliphatic rings. The van der Waals surface area contributed by atoms with Gasteiger partial charge in [-0.1, -0.05) is 31.4 Å². The summed E-state index contributed by atoms with van der Waals surface area (Å²) < 4.78 is 5.44. The van der Waals surface area contributed by atoms with Crippen molar-refractivity contribution in [1.82, 2.24) is 0 Å². The standard InChI is InChI=1S/C14H20O4/c15-12-8-5-6-9-13(12)18-11-7-3-1-2-4-10-14(16)17/h5-6,8-9,15H,1-4,7,10-11H2,(H,16,17). The zero-order chi connectivity index (χ0) is 13.2. The van der Waals surface area contributed by atoms with Crippen LogP contribution in [0, 0.1) is 0 Å². The molecule has 0 aliphatic heterocycles. The molecule has 0 unspecified atom stereocenters. The zero-order valence-electron chi connectivity index (χ0n) is 10.5. The fraction of sp³-hybridized carbons (Fsp3) is 0.500. The highest BCUT2D eigenvalue weighted by Crippen LogP contribution is 2.24. The van der Waals surface area contributed by atoms with E-state index in [9.17, 15) is 9.90 Å². The predicted octanol–water partition coefficient (Wildman–Crippen LogP) is 3.20. The van der Waals surface area contributed by atoms with Crippen LogP contribution in [0.15, 0.2) is 24.3 Å². The van der Waals surface area contributed by atoms with Crippen molar-refractivity contribution in [1.29, 1.82) is 0 Å². The third-order valence-electron chi connectivity index (χ3n) is 2.66. The van der Waals surface area contributed by atoms with Gasteiger partial charge in [-0.25, -0.2) is 0 Å². The highest BCUT2D eigenvalue weighted by Gasteiger charge is 2.00. The van der Waals surface area contributed by atoms with Crippen molar-refractivity contribution < 1.29 is 19.7 Å². The molecule has 1 rings (SSSR count). The lowest BCUT2D eigenvalue weighted by molar-refractivity contribution is -0.137. The van der Waals surface area contributed by atoms with Gasteiger partial charge in [-0.05, 0) is 25.0 Å². The normalized spacial score (nSPS) is 10.2. The number of aliphatic carboxylic acids is 1. The second-order valence-corrected chi connectivity index (χ2v) is 4.23. The van der Waals surface area contributed by atoms with Gasteiger partial charge in [0.05, 0.1) is 6.61 Å². The highest BCUT2D eigenvalue weighted by molar-refractivity contribution is 5.66. The molecule has 0 heterocycles. The number of aromatic hydroxyl groups is 1. The Morgan fingerprint density at radius 3 is 2.44 bits per heavy atom. The van der Waals surface area contributed by atoms with Gasteiger partial charge in [0.15, 0.2) is 11.5 Å². The number of rotatable bonds is 9. The van der Waals surface area contributed by atoms with Crippen LogP contribution in [-0.4, -0.2) is 22.8 Å². The summed E-state index contributed by atoms with van der Waals surface area (Å²) in [6, 6.07) is 6.91. The zero-order valence-corrected chi connectivity index (χ0v) is 10.5. The van der Waals surface area contributed by atoms with Crippen LogP contribution < -0.4 is 4.74 Å². The smallest absolute Gasteiger partial charge is 0.303 e. The van der Waals surface area contributed by atoms with E-state index in [1.807, 2.05) is 6.07 Å². The summed E-state index contributed by atoms with van der Waals surface area (Å²) in [7, 11) is 0. The summed E-state index contributed by atoms with van der Waals surface area (Å²) in [5.41, 5.74) is 0. The van der Waals surface area contributed by atoms with Crippen molar-refractivity contribution in [3.63, 3.8) is 0 Å². The summed E-state index contributed by atoms with van der Waals surface area (Å²) in [4.78, 5) is 10.3. The van der Waals surface area contributed by atoms with Gasteiger partial charge in [0, 0.05) is 6.42 Å². The Labute approximate surface area is 107 Å². The summed E-state index contributed by atoms with van der Waals surface area (Å²) in [6.07, 6.45) is 4.92. The Morgan fingerprint density at radius 2 is 1.72 bits per heavy atom. The topological polar surface area (TPSA) is 66.8 Å². The van der Waals surface area contributed by atoms with E-state index >= 15 is 0 Å². The first-order valence-corrected chi connectivity index (χ1v) is 6.33. The molecule has 100 valence electrons. The van der Waals surface area contributed by atoms with Gasteiger partial charge in [-0.3, -0.25) is 4.79 Å². The molecule has 4 heteroatoms. The van der Waals surface area contributed by atoms with Crippen molar-refractivity contribution in [3.8, 4) is 11.5 Å². The Kier molecular flexibility index (Phi) is 6.69. The Bertz CT molecular complexity index is 363. The maximum absolute atomic E-state index is 10.3. The van der Waals surface area contributed by atoms with Gasteiger partial charge in [0.25, 0.3) is 0 Å². The number of hydrogen-bond donors (Lipinski definition) is 2. The van der Waals surface area contributed by atoms with E-state index in [0.717, 1.165) is 32.1 Å². The molecule has 0 saturated heterocycles. The van der Waals surface area contributed by atoms with Gasteiger partial charge in [0.1, 0.15) is 0 Å². The summed E-state index contributed by atoms with van der Waals surface area (Å²) in [6.45, 7) is 0.580. The van der Waals surface area contributed by atoms with E-state index in [4.69, 9.17) is 9.84 Å². The molecule has 1 aromatic rings. The van der Waals surface area contributed by atoms with E-state index in [-0.39, 0.29) is 12.2 Å². The second kappa shape index (κ2) is 8.39. The fourth-order valence-corrected chi connectivity index (χ4v) is 1.67. The first kappa shape index (κ1) is 14.4. The number of hydrogen-bond acceptors (Lipinski definition) is 3. The van der Waals surface area contributed by atoms with Crippen LogP contribution in [0.2, 0.25) is 0 Å². The van der Waals surface area contributed by atoms with Crippen LogP contribution in [0.3, 0.4) is 0 Å². The van der Waals surface area contributed by atoms with Crippen LogP contribution in [0.4, 0.5) is 0 Å². The number of phenolic OH excluding ortho intramolecular Hbond substituents is 1. The molecule has 4 nitrogen and oxygen atoms in total. The number of carboxylic acid groups (broad SMARTS) is 1. The van der Waals surface area contributed by atoms with E-state index in [0.29, 0.717) is 12.4 Å². The van der Waals surface area contributed by atoms with Crippen molar-refractivity contribution in [2.75, 3.05) is 6.61 Å².